The molecule has 0 aliphatic carbocycles. The molecule has 0 saturated carbocycles. The summed E-state index contributed by atoms with van der Waals surface area (Å²) in [5, 5.41) is 13.8. The maximum absolute atomic E-state index is 9.83. The standard InChI is InChI=1S/C13H25N3O3/c1-6-16(9-13(4,5)17)8-11-14-12(15-19-11)10(3)18-7-2/h10,17H,6-9H2,1-5H3. The Hall–Kier alpha value is -0.980. The van der Waals surface area contributed by atoms with Crippen LogP contribution in [0.15, 0.2) is 4.52 Å². The van der Waals surface area contributed by atoms with Crippen LogP contribution in [0.5, 0.6) is 0 Å². The lowest BCUT2D eigenvalue weighted by Crippen LogP contribution is -2.38. The lowest BCUT2D eigenvalue weighted by molar-refractivity contribution is 0.0322. The van der Waals surface area contributed by atoms with Gasteiger partial charge < -0.3 is 14.4 Å². The first kappa shape index (κ1) is 16.1. The first-order valence-electron chi connectivity index (χ1n) is 6.74. The predicted molar refractivity (Wildman–Crippen MR) is 71.6 cm³/mol. The van der Waals surface area contributed by atoms with Crippen LogP contribution >= 0.6 is 0 Å². The zero-order valence-corrected chi connectivity index (χ0v) is 12.5. The first-order chi connectivity index (χ1) is 8.85. The maximum Gasteiger partial charge on any atom is 0.240 e. The molecular formula is C13H25N3O3. The summed E-state index contributed by atoms with van der Waals surface area (Å²) in [5.74, 6) is 1.11. The van der Waals surface area contributed by atoms with E-state index in [1.54, 1.807) is 13.8 Å². The third-order valence-electron chi connectivity index (χ3n) is 2.68. The third kappa shape index (κ3) is 5.67. The van der Waals surface area contributed by atoms with E-state index < -0.39 is 5.60 Å². The molecule has 1 N–H and O–H groups in total. The average molecular weight is 271 g/mol. The van der Waals surface area contributed by atoms with E-state index in [0.717, 1.165) is 6.54 Å². The van der Waals surface area contributed by atoms with Crippen LogP contribution in [0.4, 0.5) is 0 Å². The Morgan fingerprint density at radius 1 is 1.42 bits per heavy atom. The van der Waals surface area contributed by atoms with Gasteiger partial charge in [0.05, 0.1) is 12.1 Å². The van der Waals surface area contributed by atoms with E-state index in [-0.39, 0.29) is 6.10 Å². The molecule has 19 heavy (non-hydrogen) atoms. The van der Waals surface area contributed by atoms with Gasteiger partial charge in [-0.05, 0) is 34.2 Å². The molecule has 1 unspecified atom stereocenters. The lowest BCUT2D eigenvalue weighted by atomic mass is 10.1. The Labute approximate surface area is 114 Å². The second kappa shape index (κ2) is 6.98. The van der Waals surface area contributed by atoms with Gasteiger partial charge in [0.1, 0.15) is 6.10 Å². The molecule has 6 heteroatoms. The largest absolute Gasteiger partial charge is 0.389 e. The summed E-state index contributed by atoms with van der Waals surface area (Å²) in [5.41, 5.74) is -0.739. The fraction of sp³-hybridized carbons (Fsp3) is 0.846. The molecule has 0 aromatic carbocycles. The Kier molecular flexibility index (Phi) is 5.90. The smallest absolute Gasteiger partial charge is 0.240 e. The number of ether oxygens (including phenoxy) is 1. The minimum atomic E-state index is -0.739. The van der Waals surface area contributed by atoms with Crippen LogP contribution in [-0.4, -0.2) is 45.4 Å². The highest BCUT2D eigenvalue weighted by Crippen LogP contribution is 2.14. The van der Waals surface area contributed by atoms with Gasteiger partial charge >= 0.3 is 0 Å². The van der Waals surface area contributed by atoms with E-state index in [9.17, 15) is 5.11 Å². The van der Waals surface area contributed by atoms with Crippen molar-refractivity contribution in [3.63, 3.8) is 0 Å². The molecule has 1 atom stereocenters. The summed E-state index contributed by atoms with van der Waals surface area (Å²) in [4.78, 5) is 6.38. The van der Waals surface area contributed by atoms with Gasteiger partial charge in [0.2, 0.25) is 5.89 Å². The maximum atomic E-state index is 9.83. The Morgan fingerprint density at radius 3 is 2.63 bits per heavy atom. The van der Waals surface area contributed by atoms with Gasteiger partial charge in [0.25, 0.3) is 0 Å². The number of hydrogen-bond acceptors (Lipinski definition) is 6. The molecule has 0 fully saturated rings. The van der Waals surface area contributed by atoms with E-state index >= 15 is 0 Å². The second-order valence-corrected chi connectivity index (χ2v) is 5.26. The molecule has 110 valence electrons. The van der Waals surface area contributed by atoms with Crippen LogP contribution in [-0.2, 0) is 11.3 Å². The highest BCUT2D eigenvalue weighted by atomic mass is 16.5. The third-order valence-corrected chi connectivity index (χ3v) is 2.68. The van der Waals surface area contributed by atoms with Crippen molar-refractivity contribution < 1.29 is 14.4 Å². The number of rotatable bonds is 8. The Balaban J connectivity index is 2.61. The van der Waals surface area contributed by atoms with Crippen molar-refractivity contribution >= 4 is 0 Å². The summed E-state index contributed by atoms with van der Waals surface area (Å²) >= 11 is 0. The van der Waals surface area contributed by atoms with Crippen molar-refractivity contribution in [2.75, 3.05) is 19.7 Å². The Bertz CT molecular complexity index is 373. The normalized spacial score (nSPS) is 14.1. The van der Waals surface area contributed by atoms with Crippen LogP contribution in [0.1, 0.15) is 52.4 Å². The second-order valence-electron chi connectivity index (χ2n) is 5.26. The number of aromatic nitrogens is 2. The minimum absolute atomic E-state index is 0.160. The van der Waals surface area contributed by atoms with Gasteiger partial charge in [-0.2, -0.15) is 4.98 Å². The van der Waals surface area contributed by atoms with E-state index in [1.165, 1.54) is 0 Å². The quantitative estimate of drug-likeness (QED) is 0.777. The van der Waals surface area contributed by atoms with Crippen LogP contribution in [0.25, 0.3) is 0 Å². The number of likely N-dealkylation sites (N-methyl/N-ethyl adjacent to an activating group) is 1. The van der Waals surface area contributed by atoms with Crippen LogP contribution < -0.4 is 0 Å². The first-order valence-corrected chi connectivity index (χ1v) is 6.74. The fourth-order valence-electron chi connectivity index (χ4n) is 1.84. The number of aliphatic hydroxyl groups is 1. The molecule has 6 nitrogen and oxygen atoms in total. The molecular weight excluding hydrogens is 246 g/mol. The molecule has 0 radical (unpaired) electrons. The molecule has 1 aromatic rings. The van der Waals surface area contributed by atoms with Crippen molar-refractivity contribution in [1.82, 2.24) is 15.0 Å². The number of nitrogens with zero attached hydrogens (tertiary/aromatic N) is 3. The van der Waals surface area contributed by atoms with Crippen LogP contribution in [0.3, 0.4) is 0 Å². The molecule has 0 amide bonds. The van der Waals surface area contributed by atoms with Crippen molar-refractivity contribution in [1.29, 1.82) is 0 Å². The molecule has 1 heterocycles. The average Bonchev–Trinajstić information content (AvgIpc) is 2.75. The number of hydrogen-bond donors (Lipinski definition) is 1. The SMILES string of the molecule is CCOC(C)c1noc(CN(CC)CC(C)(C)O)n1. The molecule has 0 aliphatic heterocycles. The van der Waals surface area contributed by atoms with Crippen molar-refractivity contribution in [3.05, 3.63) is 11.7 Å². The molecule has 0 spiro atoms. The molecule has 1 aromatic heterocycles. The minimum Gasteiger partial charge on any atom is -0.389 e. The summed E-state index contributed by atoms with van der Waals surface area (Å²) in [6, 6.07) is 0. The van der Waals surface area contributed by atoms with Crippen molar-refractivity contribution in [2.24, 2.45) is 0 Å². The van der Waals surface area contributed by atoms with E-state index in [2.05, 4.69) is 15.0 Å². The van der Waals surface area contributed by atoms with Crippen LogP contribution in [0.2, 0.25) is 0 Å². The van der Waals surface area contributed by atoms with Gasteiger partial charge in [-0.25, -0.2) is 0 Å². The van der Waals surface area contributed by atoms with Crippen molar-refractivity contribution in [3.8, 4) is 0 Å². The predicted octanol–water partition coefficient (Wildman–Crippen LogP) is 1.76. The summed E-state index contributed by atoms with van der Waals surface area (Å²) < 4.78 is 10.6. The van der Waals surface area contributed by atoms with Gasteiger partial charge in [0, 0.05) is 13.2 Å². The van der Waals surface area contributed by atoms with E-state index in [4.69, 9.17) is 9.26 Å². The topological polar surface area (TPSA) is 71.6 Å². The molecule has 1 rings (SSSR count). The molecule has 0 aliphatic rings. The summed E-state index contributed by atoms with van der Waals surface area (Å²) in [6.07, 6.45) is -0.160. The fourth-order valence-corrected chi connectivity index (χ4v) is 1.84. The molecule has 0 saturated heterocycles. The zero-order chi connectivity index (χ0) is 14.5. The van der Waals surface area contributed by atoms with Gasteiger partial charge in [0.15, 0.2) is 5.82 Å². The van der Waals surface area contributed by atoms with Crippen LogP contribution in [0, 0.1) is 0 Å². The highest BCUT2D eigenvalue weighted by Gasteiger charge is 2.20. The summed E-state index contributed by atoms with van der Waals surface area (Å²) in [6.45, 7) is 11.9. The van der Waals surface area contributed by atoms with E-state index in [1.807, 2.05) is 20.8 Å². The molecule has 0 bridgehead atoms. The van der Waals surface area contributed by atoms with Gasteiger partial charge in [-0.3, -0.25) is 4.90 Å². The van der Waals surface area contributed by atoms with Gasteiger partial charge in [-0.1, -0.05) is 12.1 Å². The summed E-state index contributed by atoms with van der Waals surface area (Å²) in [7, 11) is 0. The van der Waals surface area contributed by atoms with E-state index in [0.29, 0.717) is 31.4 Å². The van der Waals surface area contributed by atoms with Crippen molar-refractivity contribution in [2.45, 2.75) is 52.9 Å². The Morgan fingerprint density at radius 2 is 2.11 bits per heavy atom. The van der Waals surface area contributed by atoms with Gasteiger partial charge in [-0.15, -0.1) is 0 Å². The highest BCUT2D eigenvalue weighted by molar-refractivity contribution is 4.90. The monoisotopic (exact) mass is 271 g/mol. The lowest BCUT2D eigenvalue weighted by Gasteiger charge is -2.26. The zero-order valence-electron chi connectivity index (χ0n) is 12.5.